The van der Waals surface area contributed by atoms with Gasteiger partial charge in [-0.1, -0.05) is 6.92 Å². The number of hydrogen-bond acceptors (Lipinski definition) is 5. The molecule has 10 heteroatoms. The Morgan fingerprint density at radius 2 is 1.87 bits per heavy atom. The monoisotopic (exact) mass is 573 g/mol. The fourth-order valence-electron chi connectivity index (χ4n) is 4.18. The maximum Gasteiger partial charge on any atom is 0.216 e. The first-order valence-electron chi connectivity index (χ1n) is 11.6. The fraction of sp³-hybridized carbons (Fsp3) is 0.952. The summed E-state index contributed by atoms with van der Waals surface area (Å²) < 4.78 is 32.0. The summed E-state index contributed by atoms with van der Waals surface area (Å²) in [5.41, 5.74) is 0. The fourth-order valence-corrected chi connectivity index (χ4v) is 5.46. The van der Waals surface area contributed by atoms with E-state index in [-0.39, 0.29) is 42.4 Å². The van der Waals surface area contributed by atoms with Crippen molar-refractivity contribution in [1.29, 1.82) is 0 Å². The van der Waals surface area contributed by atoms with Gasteiger partial charge in [-0.15, -0.1) is 24.0 Å². The highest BCUT2D eigenvalue weighted by molar-refractivity contribution is 14.0. The highest BCUT2D eigenvalue weighted by atomic mass is 127. The number of piperazine rings is 1. The zero-order chi connectivity index (χ0) is 22.0. The van der Waals surface area contributed by atoms with Gasteiger partial charge in [-0.2, -0.15) is 4.31 Å². The van der Waals surface area contributed by atoms with Crippen LogP contribution in [0.1, 0.15) is 46.5 Å². The van der Waals surface area contributed by atoms with Gasteiger partial charge in [-0.3, -0.25) is 4.99 Å². The molecule has 1 atom stereocenters. The van der Waals surface area contributed by atoms with Gasteiger partial charge < -0.3 is 19.9 Å². The number of hydrogen-bond donors (Lipinski definition) is 1. The molecule has 8 nitrogen and oxygen atoms in total. The minimum Gasteiger partial charge on any atom is -0.378 e. The maximum absolute atomic E-state index is 12.5. The van der Waals surface area contributed by atoms with E-state index in [1.807, 2.05) is 13.8 Å². The Morgan fingerprint density at radius 3 is 2.48 bits per heavy atom. The molecule has 0 amide bonds. The van der Waals surface area contributed by atoms with Crippen LogP contribution in [0.5, 0.6) is 0 Å². The molecule has 0 aliphatic carbocycles. The van der Waals surface area contributed by atoms with Crippen LogP contribution in [0.3, 0.4) is 0 Å². The number of sulfonamides is 1. The zero-order valence-corrected chi connectivity index (χ0v) is 23.0. The largest absolute Gasteiger partial charge is 0.378 e. The smallest absolute Gasteiger partial charge is 0.216 e. The molecule has 0 aromatic carbocycles. The van der Waals surface area contributed by atoms with Crippen LogP contribution in [-0.2, 0) is 14.8 Å². The Bertz CT molecular complexity index is 625. The maximum atomic E-state index is 12.5. The molecule has 0 radical (unpaired) electrons. The van der Waals surface area contributed by atoms with Crippen molar-refractivity contribution in [2.24, 2.45) is 10.9 Å². The number of piperidine rings is 1. The van der Waals surface area contributed by atoms with Crippen molar-refractivity contribution in [3.05, 3.63) is 0 Å². The molecule has 0 aromatic rings. The van der Waals surface area contributed by atoms with Gasteiger partial charge in [-0.25, -0.2) is 8.42 Å². The second-order valence-electron chi connectivity index (χ2n) is 8.85. The van der Waals surface area contributed by atoms with Crippen LogP contribution < -0.4 is 5.32 Å². The Balaban J connectivity index is 0.00000480. The van der Waals surface area contributed by atoms with Crippen LogP contribution in [0.25, 0.3) is 0 Å². The van der Waals surface area contributed by atoms with Crippen LogP contribution in [0.4, 0.5) is 0 Å². The topological polar surface area (TPSA) is 77.5 Å². The molecule has 2 aliphatic heterocycles. The molecule has 31 heavy (non-hydrogen) atoms. The summed E-state index contributed by atoms with van der Waals surface area (Å²) in [6.45, 7) is 13.3. The van der Waals surface area contributed by atoms with Crippen LogP contribution >= 0.6 is 24.0 Å². The van der Waals surface area contributed by atoms with Crippen molar-refractivity contribution in [3.8, 4) is 0 Å². The lowest BCUT2D eigenvalue weighted by Gasteiger charge is -2.36. The van der Waals surface area contributed by atoms with E-state index >= 15 is 0 Å². The normalized spacial score (nSPS) is 21.9. The predicted octanol–water partition coefficient (Wildman–Crippen LogP) is 2.06. The minimum atomic E-state index is -3.26. The molecule has 0 saturated carbocycles. The summed E-state index contributed by atoms with van der Waals surface area (Å²) in [4.78, 5) is 9.15. The van der Waals surface area contributed by atoms with Gasteiger partial charge in [0.2, 0.25) is 10.0 Å². The van der Waals surface area contributed by atoms with E-state index in [1.54, 1.807) is 11.4 Å². The first kappa shape index (κ1) is 28.9. The van der Waals surface area contributed by atoms with Crippen LogP contribution in [0, 0.1) is 5.92 Å². The third-order valence-electron chi connectivity index (χ3n) is 5.86. The highest BCUT2D eigenvalue weighted by Crippen LogP contribution is 2.15. The Hall–Kier alpha value is -0.170. The number of likely N-dealkylation sites (tertiary alicyclic amines) is 1. The van der Waals surface area contributed by atoms with Gasteiger partial charge >= 0.3 is 0 Å². The first-order chi connectivity index (χ1) is 14.3. The molecule has 2 saturated heterocycles. The van der Waals surface area contributed by atoms with Gasteiger partial charge in [0.25, 0.3) is 0 Å². The predicted molar refractivity (Wildman–Crippen MR) is 139 cm³/mol. The molecule has 2 rings (SSSR count). The van der Waals surface area contributed by atoms with E-state index < -0.39 is 10.0 Å². The summed E-state index contributed by atoms with van der Waals surface area (Å²) in [6.07, 6.45) is 5.07. The number of unbranched alkanes of at least 4 members (excludes halogenated alkanes) is 1. The van der Waals surface area contributed by atoms with Crippen LogP contribution in [0.2, 0.25) is 0 Å². The minimum absolute atomic E-state index is 0. The number of nitrogens with zero attached hydrogens (tertiary/aromatic N) is 4. The average molecular weight is 574 g/mol. The quantitative estimate of drug-likeness (QED) is 0.187. The van der Waals surface area contributed by atoms with Crippen molar-refractivity contribution in [2.75, 3.05) is 71.8 Å². The zero-order valence-electron chi connectivity index (χ0n) is 19.9. The third kappa shape index (κ3) is 10.5. The van der Waals surface area contributed by atoms with Crippen LogP contribution in [0.15, 0.2) is 4.99 Å². The summed E-state index contributed by atoms with van der Waals surface area (Å²) >= 11 is 0. The SMILES string of the molecule is CN=C(NCCCCN1CCCC(C)C1)N1CCN(S(=O)(=O)CCOC(C)C)CC1.I. The molecule has 0 spiro atoms. The summed E-state index contributed by atoms with van der Waals surface area (Å²) in [6, 6.07) is 0. The van der Waals surface area contributed by atoms with Crippen molar-refractivity contribution in [3.63, 3.8) is 0 Å². The molecule has 0 aromatic heterocycles. The molecule has 2 aliphatic rings. The van der Waals surface area contributed by atoms with Gasteiger partial charge in [-0.05, 0) is 58.5 Å². The molecular weight excluding hydrogens is 529 g/mol. The van der Waals surface area contributed by atoms with E-state index in [2.05, 4.69) is 27.0 Å². The number of ether oxygens (including phenoxy) is 1. The third-order valence-corrected chi connectivity index (χ3v) is 7.70. The number of aliphatic imine (C=N–C) groups is 1. The second-order valence-corrected chi connectivity index (χ2v) is 10.9. The van der Waals surface area contributed by atoms with Crippen molar-refractivity contribution in [1.82, 2.24) is 19.4 Å². The standard InChI is InChI=1S/C21H43N5O3S.HI/c1-19(2)29-16-17-30(27,28)26-14-12-25(13-15-26)21(22-4)23-9-5-6-10-24-11-7-8-20(3)18-24;/h19-20H,5-18H2,1-4H3,(H,22,23);1H. The summed E-state index contributed by atoms with van der Waals surface area (Å²) in [5, 5.41) is 3.46. The average Bonchev–Trinajstić information content (AvgIpc) is 2.70. The second kappa shape index (κ2) is 14.9. The molecule has 2 fully saturated rings. The Morgan fingerprint density at radius 1 is 1.16 bits per heavy atom. The molecular formula is C21H44IN5O3S. The molecule has 1 N–H and O–H groups in total. The number of rotatable bonds is 10. The summed E-state index contributed by atoms with van der Waals surface area (Å²) in [5.74, 6) is 1.76. The van der Waals surface area contributed by atoms with Crippen molar-refractivity contribution in [2.45, 2.75) is 52.6 Å². The summed E-state index contributed by atoms with van der Waals surface area (Å²) in [7, 11) is -1.46. The van der Waals surface area contributed by atoms with E-state index in [4.69, 9.17) is 4.74 Å². The molecule has 2 heterocycles. The number of nitrogens with one attached hydrogen (secondary N) is 1. The van der Waals surface area contributed by atoms with Gasteiger partial charge in [0, 0.05) is 46.3 Å². The first-order valence-corrected chi connectivity index (χ1v) is 13.2. The highest BCUT2D eigenvalue weighted by Gasteiger charge is 2.28. The lowest BCUT2D eigenvalue weighted by atomic mass is 10.0. The lowest BCUT2D eigenvalue weighted by molar-refractivity contribution is 0.0904. The molecule has 0 bridgehead atoms. The lowest BCUT2D eigenvalue weighted by Crippen LogP contribution is -2.54. The van der Waals surface area contributed by atoms with Gasteiger partial charge in [0.1, 0.15) is 0 Å². The molecule has 184 valence electrons. The number of guanidine groups is 1. The Labute approximate surface area is 207 Å². The van der Waals surface area contributed by atoms with E-state index in [0.29, 0.717) is 26.2 Å². The molecule has 1 unspecified atom stereocenters. The Kier molecular flexibility index (Phi) is 13.8. The van der Waals surface area contributed by atoms with Crippen LogP contribution in [-0.4, -0.2) is 106 Å². The number of halogens is 1. The van der Waals surface area contributed by atoms with Gasteiger partial charge in [0.05, 0.1) is 18.5 Å². The van der Waals surface area contributed by atoms with Crippen molar-refractivity contribution >= 4 is 40.0 Å². The van der Waals surface area contributed by atoms with E-state index in [1.165, 1.54) is 38.9 Å². The van der Waals surface area contributed by atoms with E-state index in [9.17, 15) is 8.42 Å². The van der Waals surface area contributed by atoms with E-state index in [0.717, 1.165) is 24.8 Å². The van der Waals surface area contributed by atoms with Gasteiger partial charge in [0.15, 0.2) is 5.96 Å². The van der Waals surface area contributed by atoms with Crippen molar-refractivity contribution < 1.29 is 13.2 Å².